The number of rotatable bonds is 2. The summed E-state index contributed by atoms with van der Waals surface area (Å²) in [4.78, 5) is 2.68. The van der Waals surface area contributed by atoms with Crippen LogP contribution in [0.2, 0.25) is 0 Å². The number of morpholine rings is 1. The van der Waals surface area contributed by atoms with Crippen LogP contribution in [0.4, 0.5) is 0 Å². The van der Waals surface area contributed by atoms with Gasteiger partial charge in [-0.1, -0.05) is 6.92 Å². The van der Waals surface area contributed by atoms with E-state index < -0.39 is 0 Å². The van der Waals surface area contributed by atoms with Gasteiger partial charge in [0.1, 0.15) is 0 Å². The molecule has 82 valence electrons. The van der Waals surface area contributed by atoms with Crippen molar-refractivity contribution in [3.8, 4) is 0 Å². The highest BCUT2D eigenvalue weighted by Crippen LogP contribution is 2.19. The van der Waals surface area contributed by atoms with Crippen LogP contribution in [0.25, 0.3) is 0 Å². The van der Waals surface area contributed by atoms with Crippen molar-refractivity contribution in [3.05, 3.63) is 0 Å². The minimum atomic E-state index is 0.673. The molecule has 1 N–H and O–H groups in total. The molecule has 0 spiro atoms. The van der Waals surface area contributed by atoms with Gasteiger partial charge in [-0.25, -0.2) is 0 Å². The second kappa shape index (κ2) is 5.10. The first-order chi connectivity index (χ1) is 6.92. The van der Waals surface area contributed by atoms with E-state index in [2.05, 4.69) is 17.1 Å². The van der Waals surface area contributed by atoms with Gasteiger partial charge in [0.05, 0.1) is 13.2 Å². The van der Waals surface area contributed by atoms with Gasteiger partial charge in [0.25, 0.3) is 0 Å². The van der Waals surface area contributed by atoms with Crippen molar-refractivity contribution < 1.29 is 4.74 Å². The van der Waals surface area contributed by atoms with E-state index in [0.29, 0.717) is 6.04 Å². The zero-order valence-corrected chi connectivity index (χ0v) is 9.17. The zero-order chi connectivity index (χ0) is 9.80. The molecule has 2 aliphatic rings. The smallest absolute Gasteiger partial charge is 0.0622 e. The van der Waals surface area contributed by atoms with E-state index in [0.717, 1.165) is 25.8 Å². The lowest BCUT2D eigenvalue weighted by Crippen LogP contribution is -2.53. The summed E-state index contributed by atoms with van der Waals surface area (Å²) in [5.74, 6) is 0. The first-order valence-corrected chi connectivity index (χ1v) is 5.96. The topological polar surface area (TPSA) is 24.5 Å². The van der Waals surface area contributed by atoms with E-state index in [9.17, 15) is 0 Å². The quantitative estimate of drug-likeness (QED) is 0.712. The fourth-order valence-corrected chi connectivity index (χ4v) is 2.64. The Balaban J connectivity index is 1.91. The summed E-state index contributed by atoms with van der Waals surface area (Å²) >= 11 is 0. The average molecular weight is 198 g/mol. The van der Waals surface area contributed by atoms with E-state index in [1.54, 1.807) is 0 Å². The highest BCUT2D eigenvalue weighted by molar-refractivity contribution is 4.84. The zero-order valence-electron chi connectivity index (χ0n) is 9.17. The van der Waals surface area contributed by atoms with Crippen LogP contribution in [0, 0.1) is 0 Å². The van der Waals surface area contributed by atoms with Crippen LogP contribution in [-0.2, 0) is 4.74 Å². The molecule has 2 aliphatic heterocycles. The molecule has 2 saturated heterocycles. The van der Waals surface area contributed by atoms with Crippen LogP contribution >= 0.6 is 0 Å². The summed E-state index contributed by atoms with van der Waals surface area (Å²) in [6, 6.07) is 1.48. The molecule has 3 heteroatoms. The molecular weight excluding hydrogens is 176 g/mol. The van der Waals surface area contributed by atoms with Crippen LogP contribution in [0.1, 0.15) is 26.2 Å². The lowest BCUT2D eigenvalue weighted by molar-refractivity contribution is -0.0356. The molecule has 1 unspecified atom stereocenters. The van der Waals surface area contributed by atoms with Gasteiger partial charge in [-0.3, -0.25) is 4.90 Å². The van der Waals surface area contributed by atoms with Crippen molar-refractivity contribution in [3.63, 3.8) is 0 Å². The summed E-state index contributed by atoms with van der Waals surface area (Å²) in [6.45, 7) is 7.67. The molecular formula is C11H22N2O. The normalized spacial score (nSPS) is 31.9. The van der Waals surface area contributed by atoms with Crippen molar-refractivity contribution in [1.29, 1.82) is 0 Å². The lowest BCUT2D eigenvalue weighted by Gasteiger charge is -2.42. The number of piperidine rings is 1. The predicted molar refractivity (Wildman–Crippen MR) is 57.5 cm³/mol. The van der Waals surface area contributed by atoms with Gasteiger partial charge in [-0.05, 0) is 32.4 Å². The summed E-state index contributed by atoms with van der Waals surface area (Å²) in [6.07, 6.45) is 3.86. The first kappa shape index (κ1) is 10.4. The molecule has 0 radical (unpaired) electrons. The molecule has 0 aliphatic carbocycles. The Morgan fingerprint density at radius 2 is 2.14 bits per heavy atom. The van der Waals surface area contributed by atoms with Gasteiger partial charge in [0.15, 0.2) is 0 Å². The molecule has 0 amide bonds. The third-order valence-corrected chi connectivity index (χ3v) is 3.52. The van der Waals surface area contributed by atoms with E-state index in [4.69, 9.17) is 4.74 Å². The molecule has 0 aromatic heterocycles. The minimum Gasteiger partial charge on any atom is -0.378 e. The van der Waals surface area contributed by atoms with Crippen molar-refractivity contribution in [2.24, 2.45) is 0 Å². The number of ether oxygens (including phenoxy) is 1. The molecule has 0 aromatic rings. The maximum absolute atomic E-state index is 5.54. The van der Waals surface area contributed by atoms with Crippen LogP contribution in [0.3, 0.4) is 0 Å². The van der Waals surface area contributed by atoms with E-state index in [-0.39, 0.29) is 0 Å². The molecule has 1 atom stereocenters. The number of hydrogen-bond acceptors (Lipinski definition) is 3. The summed E-state index contributed by atoms with van der Waals surface area (Å²) in [5.41, 5.74) is 0. The minimum absolute atomic E-state index is 0.673. The second-order valence-corrected chi connectivity index (χ2v) is 4.36. The van der Waals surface area contributed by atoms with Crippen LogP contribution < -0.4 is 5.32 Å². The Bertz CT molecular complexity index is 169. The van der Waals surface area contributed by atoms with Gasteiger partial charge in [-0.2, -0.15) is 0 Å². The van der Waals surface area contributed by atoms with E-state index in [1.165, 1.54) is 32.4 Å². The molecule has 2 heterocycles. The van der Waals surface area contributed by atoms with E-state index in [1.807, 2.05) is 0 Å². The van der Waals surface area contributed by atoms with Crippen molar-refractivity contribution >= 4 is 0 Å². The van der Waals surface area contributed by atoms with Gasteiger partial charge in [0, 0.05) is 18.6 Å². The largest absolute Gasteiger partial charge is 0.378 e. The third kappa shape index (κ3) is 2.27. The molecule has 3 nitrogen and oxygen atoms in total. The van der Waals surface area contributed by atoms with Crippen LogP contribution in [-0.4, -0.2) is 49.8 Å². The summed E-state index contributed by atoms with van der Waals surface area (Å²) in [7, 11) is 0. The van der Waals surface area contributed by atoms with Gasteiger partial charge < -0.3 is 10.1 Å². The number of hydrogen-bond donors (Lipinski definition) is 1. The molecule has 2 rings (SSSR count). The van der Waals surface area contributed by atoms with Crippen molar-refractivity contribution in [2.45, 2.75) is 38.3 Å². The monoisotopic (exact) mass is 198 g/mol. The highest BCUT2D eigenvalue weighted by Gasteiger charge is 2.28. The third-order valence-electron chi connectivity index (χ3n) is 3.52. The average Bonchev–Trinajstić information content (AvgIpc) is 2.30. The van der Waals surface area contributed by atoms with Gasteiger partial charge in [0.2, 0.25) is 0 Å². The molecule has 2 fully saturated rings. The Morgan fingerprint density at radius 1 is 1.36 bits per heavy atom. The standard InChI is InChI=1S/C11H22N2O/c1-2-10-9-14-8-7-13(10)11-3-5-12-6-4-11/h10-12H,2-9H2,1H3. The Hall–Kier alpha value is -0.120. The summed E-state index contributed by atoms with van der Waals surface area (Å²) < 4.78 is 5.54. The van der Waals surface area contributed by atoms with Crippen molar-refractivity contribution in [2.75, 3.05) is 32.8 Å². The molecule has 0 saturated carbocycles. The highest BCUT2D eigenvalue weighted by atomic mass is 16.5. The van der Waals surface area contributed by atoms with E-state index >= 15 is 0 Å². The molecule has 0 aromatic carbocycles. The SMILES string of the molecule is CCC1COCCN1C1CCNCC1. The fraction of sp³-hybridized carbons (Fsp3) is 1.00. The first-order valence-electron chi connectivity index (χ1n) is 5.96. The number of nitrogens with one attached hydrogen (secondary N) is 1. The van der Waals surface area contributed by atoms with Crippen LogP contribution in [0.5, 0.6) is 0 Å². The molecule has 14 heavy (non-hydrogen) atoms. The Morgan fingerprint density at radius 3 is 2.86 bits per heavy atom. The van der Waals surface area contributed by atoms with Crippen LogP contribution in [0.15, 0.2) is 0 Å². The van der Waals surface area contributed by atoms with Gasteiger partial charge >= 0.3 is 0 Å². The van der Waals surface area contributed by atoms with Gasteiger partial charge in [-0.15, -0.1) is 0 Å². The maximum Gasteiger partial charge on any atom is 0.0622 e. The lowest BCUT2D eigenvalue weighted by atomic mass is 10.0. The predicted octanol–water partition coefficient (Wildman–Crippen LogP) is 0.849. The Labute approximate surface area is 86.8 Å². The summed E-state index contributed by atoms with van der Waals surface area (Å²) in [5, 5.41) is 3.43. The second-order valence-electron chi connectivity index (χ2n) is 4.36. The Kier molecular flexibility index (Phi) is 3.79. The van der Waals surface area contributed by atoms with Crippen molar-refractivity contribution in [1.82, 2.24) is 10.2 Å². The maximum atomic E-state index is 5.54. The number of nitrogens with zero attached hydrogens (tertiary/aromatic N) is 1. The fourth-order valence-electron chi connectivity index (χ4n) is 2.64. The molecule has 0 bridgehead atoms.